The highest BCUT2D eigenvalue weighted by molar-refractivity contribution is 7.80. The summed E-state index contributed by atoms with van der Waals surface area (Å²) < 4.78 is 23.5. The highest BCUT2D eigenvalue weighted by atomic mass is 32.2. The molecule has 3 aromatic carbocycles. The van der Waals surface area contributed by atoms with Gasteiger partial charge in [0.1, 0.15) is 0 Å². The van der Waals surface area contributed by atoms with Gasteiger partial charge in [0.25, 0.3) is 11.3 Å². The Morgan fingerprint density at radius 1 is 0.971 bits per heavy atom. The molecule has 2 amide bonds. The molecule has 0 aliphatic heterocycles. The molecule has 0 saturated carbocycles. The topological polar surface area (TPSA) is 119 Å². The number of benzene rings is 3. The van der Waals surface area contributed by atoms with Crippen molar-refractivity contribution >= 4 is 34.6 Å². The van der Waals surface area contributed by atoms with Gasteiger partial charge in [-0.05, 0) is 47.4 Å². The van der Waals surface area contributed by atoms with Crippen molar-refractivity contribution in [2.45, 2.75) is 25.8 Å². The molecule has 9 heteroatoms. The van der Waals surface area contributed by atoms with Gasteiger partial charge in [0.05, 0.1) is 18.2 Å². The summed E-state index contributed by atoms with van der Waals surface area (Å²) in [7, 11) is 0. The zero-order chi connectivity index (χ0) is 24.5. The molecule has 0 spiro atoms. The molecule has 2 atom stereocenters. The van der Waals surface area contributed by atoms with Crippen LogP contribution in [0, 0.1) is 0 Å². The van der Waals surface area contributed by atoms with E-state index in [0.29, 0.717) is 23.5 Å². The molecule has 0 aromatic heterocycles. The van der Waals surface area contributed by atoms with Crippen molar-refractivity contribution in [1.29, 1.82) is 0 Å². The second-order valence-corrected chi connectivity index (χ2v) is 8.44. The first-order valence-corrected chi connectivity index (χ1v) is 11.9. The third-order valence-corrected chi connectivity index (χ3v) is 5.92. The van der Waals surface area contributed by atoms with E-state index in [1.54, 1.807) is 60.7 Å². The Morgan fingerprint density at radius 2 is 1.68 bits per heavy atom. The van der Waals surface area contributed by atoms with E-state index < -0.39 is 23.3 Å². The summed E-state index contributed by atoms with van der Waals surface area (Å²) in [6.45, 7) is 2.56. The van der Waals surface area contributed by atoms with Crippen LogP contribution < -0.4 is 14.9 Å². The summed E-state index contributed by atoms with van der Waals surface area (Å²) in [4.78, 5) is 23.4. The molecule has 0 bridgehead atoms. The molecule has 0 saturated heterocycles. The van der Waals surface area contributed by atoms with E-state index in [2.05, 4.69) is 10.6 Å². The number of amides is 2. The number of carboxylic acids is 1. The predicted molar refractivity (Wildman–Crippen MR) is 134 cm³/mol. The summed E-state index contributed by atoms with van der Waals surface area (Å²) in [6.07, 6.45) is 0.499. The van der Waals surface area contributed by atoms with Crippen LogP contribution in [0.5, 0.6) is 0 Å². The van der Waals surface area contributed by atoms with Crippen LogP contribution in [-0.4, -0.2) is 32.4 Å². The lowest BCUT2D eigenvalue weighted by molar-refractivity contribution is -0.137. The lowest BCUT2D eigenvalue weighted by Crippen LogP contribution is -2.32. The number of carbonyl (C=O) groups excluding carboxylic acids is 1. The first-order chi connectivity index (χ1) is 16.4. The third kappa shape index (κ3) is 6.66. The molecule has 2 unspecified atom stereocenters. The number of hydrogen-bond donors (Lipinski definition) is 4. The Labute approximate surface area is 201 Å². The van der Waals surface area contributed by atoms with Gasteiger partial charge in [0.2, 0.25) is 0 Å². The lowest BCUT2D eigenvalue weighted by Gasteiger charge is -2.29. The average molecular weight is 482 g/mol. The monoisotopic (exact) mass is 481 g/mol. The second kappa shape index (κ2) is 12.0. The molecule has 0 aliphatic rings. The molecule has 4 N–H and O–H groups in total. The van der Waals surface area contributed by atoms with Crippen molar-refractivity contribution in [3.05, 3.63) is 84.4 Å². The summed E-state index contributed by atoms with van der Waals surface area (Å²) in [5, 5.41) is 15.0. The van der Waals surface area contributed by atoms with E-state index in [-0.39, 0.29) is 12.5 Å². The van der Waals surface area contributed by atoms with Crippen LogP contribution in [0.3, 0.4) is 0 Å². The highest BCUT2D eigenvalue weighted by Gasteiger charge is 2.27. The number of urea groups is 1. The van der Waals surface area contributed by atoms with Gasteiger partial charge < -0.3 is 15.7 Å². The molecule has 0 radical (unpaired) electrons. The molecule has 0 heterocycles. The van der Waals surface area contributed by atoms with E-state index in [0.717, 1.165) is 17.5 Å². The van der Waals surface area contributed by atoms with E-state index in [1.165, 1.54) is 4.31 Å². The number of nitrogens with one attached hydrogen (secondary N) is 2. The van der Waals surface area contributed by atoms with E-state index in [4.69, 9.17) is 0 Å². The van der Waals surface area contributed by atoms with Gasteiger partial charge in [-0.2, -0.15) is 0 Å². The smallest absolute Gasteiger partial charge is 0.319 e. The minimum Gasteiger partial charge on any atom is -0.481 e. The number of nitrogens with zero attached hydrogens (tertiary/aromatic N) is 1. The average Bonchev–Trinajstić information content (AvgIpc) is 2.83. The van der Waals surface area contributed by atoms with Gasteiger partial charge in [-0.15, -0.1) is 0 Å². The number of carbonyl (C=O) groups is 2. The number of rotatable bonds is 10. The van der Waals surface area contributed by atoms with Gasteiger partial charge >= 0.3 is 12.0 Å². The molecule has 0 fully saturated rings. The minimum atomic E-state index is -2.45. The van der Waals surface area contributed by atoms with Crippen molar-refractivity contribution in [2.75, 3.05) is 16.2 Å². The van der Waals surface area contributed by atoms with Crippen LogP contribution in [0.2, 0.25) is 0 Å². The van der Waals surface area contributed by atoms with Crippen LogP contribution in [0.1, 0.15) is 31.4 Å². The zero-order valence-corrected chi connectivity index (χ0v) is 19.5. The maximum Gasteiger partial charge on any atom is 0.319 e. The third-order valence-electron chi connectivity index (χ3n) is 5.11. The molecular formula is C25H27N3O5S. The van der Waals surface area contributed by atoms with E-state index in [9.17, 15) is 23.5 Å². The van der Waals surface area contributed by atoms with Crippen LogP contribution in [0.25, 0.3) is 11.1 Å². The molecule has 34 heavy (non-hydrogen) atoms. The summed E-state index contributed by atoms with van der Waals surface area (Å²) in [5.74, 6) is -1.08. The Morgan fingerprint density at radius 3 is 2.29 bits per heavy atom. The van der Waals surface area contributed by atoms with Gasteiger partial charge in [-0.25, -0.2) is 9.00 Å². The van der Waals surface area contributed by atoms with Crippen LogP contribution >= 0.6 is 0 Å². The first-order valence-electron chi connectivity index (χ1n) is 10.8. The quantitative estimate of drug-likeness (QED) is 0.302. The molecule has 8 nitrogen and oxygen atoms in total. The Bertz CT molecular complexity index is 1140. The Kier molecular flexibility index (Phi) is 8.78. The largest absolute Gasteiger partial charge is 0.481 e. The van der Waals surface area contributed by atoms with Crippen molar-refractivity contribution in [3.8, 4) is 11.1 Å². The summed E-state index contributed by atoms with van der Waals surface area (Å²) in [5.41, 5.74) is 3.35. The molecule has 0 aliphatic carbocycles. The van der Waals surface area contributed by atoms with Gasteiger partial charge in [0, 0.05) is 12.2 Å². The van der Waals surface area contributed by atoms with Crippen molar-refractivity contribution in [1.82, 2.24) is 5.32 Å². The first kappa shape index (κ1) is 24.9. The lowest BCUT2D eigenvalue weighted by atomic mass is 10.0. The second-order valence-electron chi connectivity index (χ2n) is 7.59. The Balaban J connectivity index is 1.86. The Hall–Kier alpha value is -3.69. The number of carboxylic acid groups (broad SMARTS) is 1. The molecule has 3 rings (SSSR count). The van der Waals surface area contributed by atoms with Crippen LogP contribution in [0.4, 0.5) is 16.2 Å². The fourth-order valence-corrected chi connectivity index (χ4v) is 4.26. The predicted octanol–water partition coefficient (Wildman–Crippen LogP) is 5.04. The summed E-state index contributed by atoms with van der Waals surface area (Å²) in [6, 6.07) is 21.9. The molecule has 3 aromatic rings. The maximum absolute atomic E-state index is 12.3. The van der Waals surface area contributed by atoms with E-state index in [1.807, 2.05) is 25.1 Å². The zero-order valence-electron chi connectivity index (χ0n) is 18.7. The number of aliphatic carboxylic acids is 1. The highest BCUT2D eigenvalue weighted by Crippen LogP contribution is 2.33. The van der Waals surface area contributed by atoms with Crippen LogP contribution in [-0.2, 0) is 16.1 Å². The minimum absolute atomic E-state index is 0.277. The maximum atomic E-state index is 12.3. The number of anilines is 2. The van der Waals surface area contributed by atoms with Gasteiger partial charge in [0.15, 0.2) is 0 Å². The van der Waals surface area contributed by atoms with Crippen molar-refractivity contribution in [3.63, 3.8) is 0 Å². The summed E-state index contributed by atoms with van der Waals surface area (Å²) >= 11 is -2.45. The number of hydrogen-bond acceptors (Lipinski definition) is 3. The van der Waals surface area contributed by atoms with Crippen molar-refractivity contribution < 1.29 is 23.5 Å². The van der Waals surface area contributed by atoms with Crippen molar-refractivity contribution in [2.24, 2.45) is 0 Å². The SMILES string of the molecule is CCCNC(=O)Nc1cccc(-c2ccc(N(C(CC(=O)O)c3ccccc3)S(=O)O)cc2)c1. The molecule has 178 valence electrons. The standard InChI is InChI=1S/C25H27N3O5S/c1-2-15-26-25(31)27-21-10-6-9-20(16-21)18-11-13-22(14-12-18)28(34(32)33)23(17-24(29)30)19-7-4-3-5-8-19/h3-14,16,23H,2,15,17H2,1H3,(H,29,30)(H,32,33)(H2,26,27,31). The molecular weight excluding hydrogens is 454 g/mol. The van der Waals surface area contributed by atoms with Gasteiger partial charge in [-0.3, -0.25) is 13.7 Å². The fraction of sp³-hybridized carbons (Fsp3) is 0.200. The fourth-order valence-electron chi connectivity index (χ4n) is 3.55. The van der Waals surface area contributed by atoms with Crippen LogP contribution in [0.15, 0.2) is 78.9 Å². The normalized spacial score (nSPS) is 12.4. The van der Waals surface area contributed by atoms with Gasteiger partial charge in [-0.1, -0.05) is 61.5 Å². The van der Waals surface area contributed by atoms with E-state index >= 15 is 0 Å².